The number of benzene rings is 1. The van der Waals surface area contributed by atoms with Crippen molar-refractivity contribution in [1.82, 2.24) is 9.55 Å². The second kappa shape index (κ2) is 7.40. The van der Waals surface area contributed by atoms with Crippen LogP contribution in [0.1, 0.15) is 0 Å². The first-order valence-electron chi connectivity index (χ1n) is 8.61. The van der Waals surface area contributed by atoms with Crippen molar-refractivity contribution >= 4 is 34.0 Å². The first-order chi connectivity index (χ1) is 14.7. The summed E-state index contributed by atoms with van der Waals surface area (Å²) in [5, 5.41) is 19.1. The van der Waals surface area contributed by atoms with Crippen LogP contribution in [0.3, 0.4) is 0 Å². The summed E-state index contributed by atoms with van der Waals surface area (Å²) in [6.45, 7) is 0. The van der Waals surface area contributed by atoms with Crippen molar-refractivity contribution in [3.05, 3.63) is 87.4 Å². The van der Waals surface area contributed by atoms with Crippen molar-refractivity contribution < 1.29 is 23.4 Å². The summed E-state index contributed by atoms with van der Waals surface area (Å²) in [5.74, 6) is -5.54. The number of pyridine rings is 2. The lowest BCUT2D eigenvalue weighted by atomic mass is 10.1. The average molecular weight is 449 g/mol. The molecule has 0 aliphatic carbocycles. The Kier molecular flexibility index (Phi) is 4.86. The van der Waals surface area contributed by atoms with Crippen LogP contribution in [-0.4, -0.2) is 19.8 Å². The largest absolute Gasteiger partial charge is 0.506 e. The molecule has 0 unspecified atom stereocenters. The highest BCUT2D eigenvalue weighted by molar-refractivity contribution is 6.38. The number of aliphatic hydroxyl groups excluding tert-OH is 1. The van der Waals surface area contributed by atoms with Crippen LogP contribution in [0.2, 0.25) is 5.02 Å². The van der Waals surface area contributed by atoms with Crippen molar-refractivity contribution in [2.24, 2.45) is 0 Å². The van der Waals surface area contributed by atoms with Crippen LogP contribution < -0.4 is 16.1 Å². The van der Waals surface area contributed by atoms with Crippen molar-refractivity contribution in [3.63, 3.8) is 0 Å². The van der Waals surface area contributed by atoms with E-state index in [-0.39, 0.29) is 27.4 Å². The Morgan fingerprint density at radius 2 is 1.81 bits per heavy atom. The molecule has 2 aromatic heterocycles. The summed E-state index contributed by atoms with van der Waals surface area (Å²) >= 11 is 6.44. The number of aromatic hydroxyl groups is 1. The van der Waals surface area contributed by atoms with Crippen molar-refractivity contribution in [3.8, 4) is 11.6 Å². The van der Waals surface area contributed by atoms with Crippen LogP contribution in [0.15, 0.2) is 59.5 Å². The molecule has 0 fully saturated rings. The van der Waals surface area contributed by atoms with E-state index in [9.17, 15) is 28.2 Å². The van der Waals surface area contributed by atoms with E-state index < -0.39 is 40.3 Å². The van der Waals surface area contributed by atoms with E-state index in [0.717, 1.165) is 27.9 Å². The lowest BCUT2D eigenvalue weighted by molar-refractivity contribution is 0.430. The third-order valence-corrected chi connectivity index (χ3v) is 4.82. The Morgan fingerprint density at radius 3 is 2.55 bits per heavy atom. The summed E-state index contributed by atoms with van der Waals surface area (Å²) < 4.78 is 44.0. The van der Waals surface area contributed by atoms with Gasteiger partial charge < -0.3 is 20.8 Å². The predicted molar refractivity (Wildman–Crippen MR) is 110 cm³/mol. The van der Waals surface area contributed by atoms with Crippen LogP contribution >= 0.6 is 11.6 Å². The second-order valence-corrected chi connectivity index (χ2v) is 6.83. The predicted octanol–water partition coefficient (Wildman–Crippen LogP) is 4.03. The SMILES string of the molecule is Nc1nc(-n2cc(O)c(=O)c3cc(F)c(N4C=CC=CC(O)=C4)c(Cl)c32)c(F)cc1F. The number of rotatable bonds is 2. The first kappa shape index (κ1) is 20.4. The topological polar surface area (TPSA) is 105 Å². The summed E-state index contributed by atoms with van der Waals surface area (Å²) in [6.07, 6.45) is 7.69. The number of aliphatic hydroxyl groups is 1. The van der Waals surface area contributed by atoms with Gasteiger partial charge in [-0.1, -0.05) is 17.7 Å². The number of nitrogens with two attached hydrogens (primary N) is 1. The Labute approximate surface area is 177 Å². The van der Waals surface area contributed by atoms with Crippen LogP contribution in [0.5, 0.6) is 5.75 Å². The molecule has 0 bridgehead atoms. The summed E-state index contributed by atoms with van der Waals surface area (Å²) in [5.41, 5.74) is 3.96. The maximum absolute atomic E-state index is 15.0. The molecule has 1 aromatic carbocycles. The van der Waals surface area contributed by atoms with Gasteiger partial charge in [-0.3, -0.25) is 9.36 Å². The van der Waals surface area contributed by atoms with Gasteiger partial charge in [0.05, 0.1) is 28.3 Å². The van der Waals surface area contributed by atoms with Crippen molar-refractivity contribution in [1.29, 1.82) is 0 Å². The number of nitrogens with zero attached hydrogens (tertiary/aromatic N) is 3. The number of aromatic nitrogens is 2. The van der Waals surface area contributed by atoms with Crippen molar-refractivity contribution in [2.75, 3.05) is 10.6 Å². The van der Waals surface area contributed by atoms with Gasteiger partial charge in [-0.15, -0.1) is 0 Å². The summed E-state index contributed by atoms with van der Waals surface area (Å²) in [6, 6.07) is 1.28. The van der Waals surface area contributed by atoms with E-state index in [1.165, 1.54) is 24.4 Å². The summed E-state index contributed by atoms with van der Waals surface area (Å²) in [4.78, 5) is 17.2. The number of hydrogen-bond donors (Lipinski definition) is 3. The molecule has 0 atom stereocenters. The third-order valence-electron chi connectivity index (χ3n) is 4.46. The van der Waals surface area contributed by atoms with Gasteiger partial charge in [-0.2, -0.15) is 0 Å². The van der Waals surface area contributed by atoms with Gasteiger partial charge in [0, 0.05) is 12.3 Å². The number of nitrogen functional groups attached to an aromatic ring is 1. The van der Waals surface area contributed by atoms with Gasteiger partial charge >= 0.3 is 0 Å². The second-order valence-electron chi connectivity index (χ2n) is 6.45. The minimum Gasteiger partial charge on any atom is -0.506 e. The van der Waals surface area contributed by atoms with Gasteiger partial charge in [0.25, 0.3) is 0 Å². The number of allylic oxidation sites excluding steroid dienone is 3. The van der Waals surface area contributed by atoms with Crippen molar-refractivity contribution in [2.45, 2.75) is 0 Å². The third kappa shape index (κ3) is 3.36. The molecule has 7 nitrogen and oxygen atoms in total. The number of hydrogen-bond acceptors (Lipinski definition) is 6. The maximum Gasteiger partial charge on any atom is 0.231 e. The molecule has 0 saturated heterocycles. The fourth-order valence-electron chi connectivity index (χ4n) is 3.10. The highest BCUT2D eigenvalue weighted by atomic mass is 35.5. The molecule has 31 heavy (non-hydrogen) atoms. The highest BCUT2D eigenvalue weighted by Crippen LogP contribution is 2.38. The normalized spacial score (nSPS) is 13.5. The maximum atomic E-state index is 15.0. The number of halogens is 4. The van der Waals surface area contributed by atoms with Gasteiger partial charge in [-0.25, -0.2) is 18.2 Å². The number of anilines is 2. The Hall–Kier alpha value is -3.92. The fraction of sp³-hybridized carbons (Fsp3) is 0. The van der Waals surface area contributed by atoms with Gasteiger partial charge in [0.1, 0.15) is 17.3 Å². The lowest BCUT2D eigenvalue weighted by Crippen LogP contribution is -2.16. The number of fused-ring (bicyclic) bond motifs is 1. The Balaban J connectivity index is 2.12. The molecule has 1 aliphatic heterocycles. The molecule has 1 aliphatic rings. The van der Waals surface area contributed by atoms with Crippen LogP contribution in [0.4, 0.5) is 24.7 Å². The zero-order valence-electron chi connectivity index (χ0n) is 15.4. The molecule has 3 heterocycles. The molecule has 11 heteroatoms. The van der Waals surface area contributed by atoms with Gasteiger partial charge in [0.15, 0.2) is 29.0 Å². The molecule has 0 spiro atoms. The molecular formula is C20H12ClF3N4O3. The fourth-order valence-corrected chi connectivity index (χ4v) is 3.48. The van der Waals surface area contributed by atoms with Crippen LogP contribution in [0, 0.1) is 17.5 Å². The smallest absolute Gasteiger partial charge is 0.231 e. The van der Waals surface area contributed by atoms with E-state index >= 15 is 0 Å². The molecule has 3 aromatic rings. The zero-order valence-corrected chi connectivity index (χ0v) is 16.1. The minimum atomic E-state index is -1.17. The molecule has 4 N–H and O–H groups in total. The molecule has 158 valence electrons. The monoisotopic (exact) mass is 448 g/mol. The van der Waals surface area contributed by atoms with Gasteiger partial charge in [-0.05, 0) is 18.2 Å². The van der Waals surface area contributed by atoms with Crippen LogP contribution in [-0.2, 0) is 0 Å². The van der Waals surface area contributed by atoms with E-state index in [0.29, 0.717) is 6.07 Å². The Bertz CT molecular complexity index is 1400. The molecule has 0 radical (unpaired) electrons. The van der Waals surface area contributed by atoms with E-state index in [4.69, 9.17) is 17.3 Å². The molecule has 4 rings (SSSR count). The van der Waals surface area contributed by atoms with E-state index in [1.54, 1.807) is 0 Å². The Morgan fingerprint density at radius 1 is 1.06 bits per heavy atom. The average Bonchev–Trinajstić information content (AvgIpc) is 2.92. The molecule has 0 saturated carbocycles. The standard InChI is InChI=1S/C20H12ClF3N4O3/c21-15-16-10(5-11(22)17(15)27-4-2-1-3-9(29)7-27)18(31)14(30)8-28(16)20-13(24)6-12(23)19(25)26-20/h1-8,29-30H,(H2,25,26). The van der Waals surface area contributed by atoms with Crippen LogP contribution in [0.25, 0.3) is 16.7 Å². The summed E-state index contributed by atoms with van der Waals surface area (Å²) in [7, 11) is 0. The quantitative estimate of drug-likeness (QED) is 0.546. The minimum absolute atomic E-state index is 0.220. The zero-order chi connectivity index (χ0) is 22.4. The molecular weight excluding hydrogens is 437 g/mol. The first-order valence-corrected chi connectivity index (χ1v) is 8.99. The van der Waals surface area contributed by atoms with Gasteiger partial charge in [0.2, 0.25) is 5.43 Å². The van der Waals surface area contributed by atoms with E-state index in [2.05, 4.69) is 4.98 Å². The highest BCUT2D eigenvalue weighted by Gasteiger charge is 2.24. The lowest BCUT2D eigenvalue weighted by Gasteiger charge is -2.21. The van der Waals surface area contributed by atoms with E-state index in [1.807, 2.05) is 0 Å². The molecule has 0 amide bonds.